The van der Waals surface area contributed by atoms with Crippen molar-refractivity contribution in [1.29, 1.82) is 0 Å². The highest BCUT2D eigenvalue weighted by Crippen LogP contribution is 2.31. The van der Waals surface area contributed by atoms with Crippen LogP contribution in [0.2, 0.25) is 0 Å². The highest BCUT2D eigenvalue weighted by atomic mass is 16.3. The van der Waals surface area contributed by atoms with Gasteiger partial charge < -0.3 is 20.2 Å². The van der Waals surface area contributed by atoms with Gasteiger partial charge in [-0.3, -0.25) is 9.79 Å². The first-order valence-electron chi connectivity index (χ1n) is 7.59. The maximum Gasteiger partial charge on any atom is 0.242 e. The van der Waals surface area contributed by atoms with Crippen LogP contribution in [0.4, 0.5) is 0 Å². The maximum absolute atomic E-state index is 12.1. The normalized spacial score (nSPS) is 26.5. The zero-order valence-corrected chi connectivity index (χ0v) is 12.1. The standard InChI is InChI=1S/C14H24N4O2/c1-15-13(16-10-14(20)5-2-6-14)17-7-8-18(11-3-4-11)12(19)9-17/h11,20H,2-10H2,1H3,(H,15,16). The third-order valence-corrected chi connectivity index (χ3v) is 4.62. The summed E-state index contributed by atoms with van der Waals surface area (Å²) in [5.41, 5.74) is -0.574. The van der Waals surface area contributed by atoms with Crippen molar-refractivity contribution in [3.63, 3.8) is 0 Å². The first-order chi connectivity index (χ1) is 9.61. The molecule has 1 aliphatic heterocycles. The summed E-state index contributed by atoms with van der Waals surface area (Å²) in [6.45, 7) is 2.53. The molecule has 0 atom stereocenters. The average Bonchev–Trinajstić information content (AvgIpc) is 3.22. The molecule has 0 unspecified atom stereocenters. The van der Waals surface area contributed by atoms with E-state index in [1.807, 2.05) is 9.80 Å². The predicted octanol–water partition coefficient (Wildman–Crippen LogP) is -0.217. The average molecular weight is 280 g/mol. The van der Waals surface area contributed by atoms with Gasteiger partial charge in [0.25, 0.3) is 0 Å². The van der Waals surface area contributed by atoms with Gasteiger partial charge in [-0.1, -0.05) is 0 Å². The molecule has 0 aromatic heterocycles. The minimum Gasteiger partial charge on any atom is -0.388 e. The molecule has 0 aromatic carbocycles. The Labute approximate surface area is 119 Å². The molecule has 0 bridgehead atoms. The summed E-state index contributed by atoms with van der Waals surface area (Å²) in [5, 5.41) is 13.3. The van der Waals surface area contributed by atoms with Gasteiger partial charge in [0.2, 0.25) is 5.91 Å². The van der Waals surface area contributed by atoms with Gasteiger partial charge in [0, 0.05) is 32.7 Å². The Balaban J connectivity index is 1.52. The topological polar surface area (TPSA) is 68.2 Å². The van der Waals surface area contributed by atoms with Gasteiger partial charge in [0.15, 0.2) is 5.96 Å². The van der Waals surface area contributed by atoms with E-state index in [2.05, 4.69) is 10.3 Å². The summed E-state index contributed by atoms with van der Waals surface area (Å²) in [6, 6.07) is 0.496. The number of nitrogens with zero attached hydrogens (tertiary/aromatic N) is 3. The molecule has 6 heteroatoms. The van der Waals surface area contributed by atoms with Gasteiger partial charge in [-0.05, 0) is 32.1 Å². The van der Waals surface area contributed by atoms with Crippen LogP contribution >= 0.6 is 0 Å². The largest absolute Gasteiger partial charge is 0.388 e. The number of guanidine groups is 1. The zero-order chi connectivity index (χ0) is 14.2. The van der Waals surface area contributed by atoms with E-state index in [-0.39, 0.29) is 5.91 Å². The van der Waals surface area contributed by atoms with Crippen molar-refractivity contribution in [2.45, 2.75) is 43.7 Å². The van der Waals surface area contributed by atoms with Crippen molar-refractivity contribution >= 4 is 11.9 Å². The number of aliphatic imine (C=N–C) groups is 1. The van der Waals surface area contributed by atoms with Crippen molar-refractivity contribution in [2.75, 3.05) is 33.2 Å². The van der Waals surface area contributed by atoms with E-state index in [1.54, 1.807) is 7.05 Å². The van der Waals surface area contributed by atoms with E-state index in [4.69, 9.17) is 0 Å². The molecular formula is C14H24N4O2. The number of hydrogen-bond donors (Lipinski definition) is 2. The van der Waals surface area contributed by atoms with Crippen LogP contribution in [0.1, 0.15) is 32.1 Å². The minimum atomic E-state index is -0.574. The van der Waals surface area contributed by atoms with Crippen LogP contribution in [0, 0.1) is 0 Å². The molecule has 0 radical (unpaired) electrons. The Kier molecular flexibility index (Phi) is 3.58. The zero-order valence-electron chi connectivity index (χ0n) is 12.1. The van der Waals surface area contributed by atoms with Crippen LogP contribution in [0.25, 0.3) is 0 Å². The van der Waals surface area contributed by atoms with Gasteiger partial charge in [-0.15, -0.1) is 0 Å². The molecule has 6 nitrogen and oxygen atoms in total. The molecule has 2 saturated carbocycles. The first kappa shape index (κ1) is 13.7. The van der Waals surface area contributed by atoms with Gasteiger partial charge in [-0.25, -0.2) is 0 Å². The van der Waals surface area contributed by atoms with Crippen LogP contribution < -0.4 is 5.32 Å². The van der Waals surface area contributed by atoms with Gasteiger partial charge >= 0.3 is 0 Å². The van der Waals surface area contributed by atoms with Crippen LogP contribution in [-0.2, 0) is 4.79 Å². The Hall–Kier alpha value is -1.30. The van der Waals surface area contributed by atoms with Crippen molar-refractivity contribution < 1.29 is 9.90 Å². The van der Waals surface area contributed by atoms with E-state index >= 15 is 0 Å². The number of carbonyl (C=O) groups is 1. The third-order valence-electron chi connectivity index (χ3n) is 4.62. The first-order valence-corrected chi connectivity index (χ1v) is 7.59. The number of carbonyl (C=O) groups excluding carboxylic acids is 1. The lowest BCUT2D eigenvalue weighted by Gasteiger charge is -2.40. The van der Waals surface area contributed by atoms with Crippen LogP contribution in [-0.4, -0.2) is 71.6 Å². The fourth-order valence-corrected chi connectivity index (χ4v) is 2.98. The van der Waals surface area contributed by atoms with Gasteiger partial charge in [0.1, 0.15) is 0 Å². The molecule has 3 rings (SSSR count). The second kappa shape index (κ2) is 5.24. The van der Waals surface area contributed by atoms with E-state index in [1.165, 1.54) is 0 Å². The quantitative estimate of drug-likeness (QED) is 0.554. The molecule has 2 aliphatic carbocycles. The van der Waals surface area contributed by atoms with Crippen molar-refractivity contribution in [3.8, 4) is 0 Å². The van der Waals surface area contributed by atoms with E-state index < -0.39 is 5.60 Å². The summed E-state index contributed by atoms with van der Waals surface area (Å²) < 4.78 is 0. The molecule has 1 heterocycles. The molecule has 112 valence electrons. The summed E-state index contributed by atoms with van der Waals surface area (Å²) in [7, 11) is 1.73. The number of aliphatic hydroxyl groups is 1. The Morgan fingerprint density at radius 2 is 2.20 bits per heavy atom. The Morgan fingerprint density at radius 1 is 1.45 bits per heavy atom. The van der Waals surface area contributed by atoms with Crippen molar-refractivity contribution in [2.24, 2.45) is 4.99 Å². The highest BCUT2D eigenvalue weighted by Gasteiger charge is 2.37. The molecular weight excluding hydrogens is 256 g/mol. The molecule has 0 spiro atoms. The summed E-state index contributed by atoms with van der Waals surface area (Å²) in [4.78, 5) is 20.4. The van der Waals surface area contributed by atoms with Crippen molar-refractivity contribution in [1.82, 2.24) is 15.1 Å². The van der Waals surface area contributed by atoms with Crippen LogP contribution in [0.5, 0.6) is 0 Å². The van der Waals surface area contributed by atoms with Crippen LogP contribution in [0.15, 0.2) is 4.99 Å². The Morgan fingerprint density at radius 3 is 2.70 bits per heavy atom. The molecule has 1 amide bonds. The SMILES string of the molecule is CN=C(NCC1(O)CCC1)N1CCN(C2CC2)C(=O)C1. The molecule has 0 aromatic rings. The second-order valence-electron chi connectivity index (χ2n) is 6.22. The van der Waals surface area contributed by atoms with Crippen LogP contribution in [0.3, 0.4) is 0 Å². The Bertz CT molecular complexity index is 415. The second-order valence-corrected chi connectivity index (χ2v) is 6.22. The van der Waals surface area contributed by atoms with Crippen molar-refractivity contribution in [3.05, 3.63) is 0 Å². The number of amides is 1. The molecule has 1 saturated heterocycles. The van der Waals surface area contributed by atoms with Gasteiger partial charge in [-0.2, -0.15) is 0 Å². The van der Waals surface area contributed by atoms with E-state index in [0.717, 1.165) is 51.2 Å². The summed E-state index contributed by atoms with van der Waals surface area (Å²) >= 11 is 0. The summed E-state index contributed by atoms with van der Waals surface area (Å²) in [5.74, 6) is 0.929. The summed E-state index contributed by atoms with van der Waals surface area (Å²) in [6.07, 6.45) is 5.11. The monoisotopic (exact) mass is 280 g/mol. The molecule has 2 N–H and O–H groups in total. The lowest BCUT2D eigenvalue weighted by molar-refractivity contribution is -0.135. The molecule has 20 heavy (non-hydrogen) atoms. The minimum absolute atomic E-state index is 0.198. The van der Waals surface area contributed by atoms with Gasteiger partial charge in [0.05, 0.1) is 12.1 Å². The fraction of sp³-hybridized carbons (Fsp3) is 0.857. The predicted molar refractivity (Wildman–Crippen MR) is 76.5 cm³/mol. The van der Waals surface area contributed by atoms with E-state index in [0.29, 0.717) is 19.1 Å². The third kappa shape index (κ3) is 2.75. The lowest BCUT2D eigenvalue weighted by atomic mass is 9.80. The number of nitrogens with one attached hydrogen (secondary N) is 1. The number of hydrogen-bond acceptors (Lipinski definition) is 3. The van der Waals surface area contributed by atoms with E-state index in [9.17, 15) is 9.90 Å². The smallest absolute Gasteiger partial charge is 0.242 e. The molecule has 3 fully saturated rings. The molecule has 3 aliphatic rings. The highest BCUT2D eigenvalue weighted by molar-refractivity contribution is 5.88. The number of rotatable bonds is 3. The lowest BCUT2D eigenvalue weighted by Crippen LogP contribution is -2.58. The maximum atomic E-state index is 12.1. The number of piperazine rings is 1. The fourth-order valence-electron chi connectivity index (χ4n) is 2.98.